The van der Waals surface area contributed by atoms with Crippen molar-refractivity contribution in [2.75, 3.05) is 6.54 Å². The SMILES string of the molecule is O=C(O)C1CC(CCCc2ncc[nH]2)CCN1. The topological polar surface area (TPSA) is 78.0 Å². The molecule has 1 aliphatic heterocycles. The summed E-state index contributed by atoms with van der Waals surface area (Å²) >= 11 is 0. The number of nitrogens with zero attached hydrogens (tertiary/aromatic N) is 1. The number of carboxylic acid groups (broad SMARTS) is 1. The van der Waals surface area contributed by atoms with Gasteiger partial charge in [0.15, 0.2) is 0 Å². The molecule has 2 atom stereocenters. The average Bonchev–Trinajstić information content (AvgIpc) is 2.82. The van der Waals surface area contributed by atoms with Crippen molar-refractivity contribution < 1.29 is 9.90 Å². The number of imidazole rings is 1. The third-order valence-corrected chi connectivity index (χ3v) is 3.39. The highest BCUT2D eigenvalue weighted by atomic mass is 16.4. The lowest BCUT2D eigenvalue weighted by Crippen LogP contribution is -2.43. The summed E-state index contributed by atoms with van der Waals surface area (Å²) in [5, 5.41) is 12.0. The molecule has 0 spiro atoms. The lowest BCUT2D eigenvalue weighted by molar-refractivity contribution is -0.140. The second-order valence-electron chi connectivity index (χ2n) is 4.66. The quantitative estimate of drug-likeness (QED) is 0.718. The van der Waals surface area contributed by atoms with Gasteiger partial charge in [-0.15, -0.1) is 0 Å². The van der Waals surface area contributed by atoms with Crippen LogP contribution in [-0.4, -0.2) is 33.6 Å². The molecule has 0 amide bonds. The fraction of sp³-hybridized carbons (Fsp3) is 0.667. The molecule has 0 bridgehead atoms. The van der Waals surface area contributed by atoms with Crippen molar-refractivity contribution in [1.82, 2.24) is 15.3 Å². The normalized spacial score (nSPS) is 24.7. The molecular weight excluding hydrogens is 218 g/mol. The Balaban J connectivity index is 1.70. The third kappa shape index (κ3) is 3.56. The molecule has 0 aliphatic carbocycles. The summed E-state index contributed by atoms with van der Waals surface area (Å²) in [6, 6.07) is -0.350. The summed E-state index contributed by atoms with van der Waals surface area (Å²) in [6.07, 6.45) is 8.56. The van der Waals surface area contributed by atoms with Crippen LogP contribution < -0.4 is 5.32 Å². The van der Waals surface area contributed by atoms with E-state index in [1.807, 2.05) is 6.20 Å². The van der Waals surface area contributed by atoms with Gasteiger partial charge in [0.1, 0.15) is 11.9 Å². The maximum atomic E-state index is 10.9. The van der Waals surface area contributed by atoms with E-state index in [4.69, 9.17) is 5.11 Å². The zero-order chi connectivity index (χ0) is 12.1. The molecule has 1 aromatic rings. The summed E-state index contributed by atoms with van der Waals surface area (Å²) in [5.41, 5.74) is 0. The van der Waals surface area contributed by atoms with Gasteiger partial charge >= 0.3 is 5.97 Å². The molecule has 2 rings (SSSR count). The van der Waals surface area contributed by atoms with Gasteiger partial charge < -0.3 is 15.4 Å². The first-order chi connectivity index (χ1) is 8.25. The first-order valence-electron chi connectivity index (χ1n) is 6.20. The summed E-state index contributed by atoms with van der Waals surface area (Å²) in [7, 11) is 0. The maximum Gasteiger partial charge on any atom is 0.320 e. The van der Waals surface area contributed by atoms with Crippen molar-refractivity contribution in [3.05, 3.63) is 18.2 Å². The van der Waals surface area contributed by atoms with Crippen molar-refractivity contribution in [3.63, 3.8) is 0 Å². The van der Waals surface area contributed by atoms with E-state index in [2.05, 4.69) is 15.3 Å². The van der Waals surface area contributed by atoms with Gasteiger partial charge in [-0.1, -0.05) is 0 Å². The van der Waals surface area contributed by atoms with E-state index < -0.39 is 5.97 Å². The maximum absolute atomic E-state index is 10.9. The lowest BCUT2D eigenvalue weighted by Gasteiger charge is -2.27. The second-order valence-corrected chi connectivity index (χ2v) is 4.66. The predicted octanol–water partition coefficient (Wildman–Crippen LogP) is 1.19. The molecule has 1 fully saturated rings. The number of nitrogens with one attached hydrogen (secondary N) is 2. The molecule has 5 nitrogen and oxygen atoms in total. The molecule has 1 aromatic heterocycles. The van der Waals surface area contributed by atoms with Crippen LogP contribution >= 0.6 is 0 Å². The molecule has 2 unspecified atom stereocenters. The van der Waals surface area contributed by atoms with Gasteiger partial charge in [-0.2, -0.15) is 0 Å². The Hall–Kier alpha value is -1.36. The number of carbonyl (C=O) groups is 1. The Labute approximate surface area is 101 Å². The van der Waals surface area contributed by atoms with Crippen molar-refractivity contribution >= 4 is 5.97 Å². The summed E-state index contributed by atoms with van der Waals surface area (Å²) in [5.74, 6) is 0.835. The zero-order valence-corrected chi connectivity index (χ0v) is 9.85. The van der Waals surface area contributed by atoms with E-state index in [-0.39, 0.29) is 6.04 Å². The minimum absolute atomic E-state index is 0.350. The number of aryl methyl sites for hydroxylation is 1. The van der Waals surface area contributed by atoms with Crippen molar-refractivity contribution in [2.24, 2.45) is 5.92 Å². The highest BCUT2D eigenvalue weighted by molar-refractivity contribution is 5.73. The number of carboxylic acids is 1. The first-order valence-corrected chi connectivity index (χ1v) is 6.20. The van der Waals surface area contributed by atoms with Gasteiger partial charge in [-0.05, 0) is 38.1 Å². The van der Waals surface area contributed by atoms with Gasteiger partial charge in [0.05, 0.1) is 0 Å². The number of H-pyrrole nitrogens is 1. The average molecular weight is 237 g/mol. The molecule has 1 saturated heterocycles. The molecule has 5 heteroatoms. The molecule has 2 heterocycles. The highest BCUT2D eigenvalue weighted by Crippen LogP contribution is 2.22. The summed E-state index contributed by atoms with van der Waals surface area (Å²) in [4.78, 5) is 18.1. The first kappa shape index (κ1) is 12.1. The Bertz CT molecular complexity index is 351. The van der Waals surface area contributed by atoms with E-state index in [0.29, 0.717) is 5.92 Å². The summed E-state index contributed by atoms with van der Waals surface area (Å²) in [6.45, 7) is 0.822. The van der Waals surface area contributed by atoms with Crippen LogP contribution in [-0.2, 0) is 11.2 Å². The monoisotopic (exact) mass is 237 g/mol. The number of piperidine rings is 1. The Morgan fingerprint density at radius 3 is 3.18 bits per heavy atom. The standard InChI is InChI=1S/C12H19N3O2/c16-12(17)10-8-9(4-5-13-10)2-1-3-11-14-6-7-15-11/h6-7,9-10,13H,1-5,8H2,(H,14,15)(H,16,17). The smallest absolute Gasteiger partial charge is 0.320 e. The lowest BCUT2D eigenvalue weighted by atomic mass is 9.88. The predicted molar refractivity (Wildman–Crippen MR) is 63.7 cm³/mol. The summed E-state index contributed by atoms with van der Waals surface area (Å²) < 4.78 is 0. The van der Waals surface area contributed by atoms with E-state index >= 15 is 0 Å². The minimum Gasteiger partial charge on any atom is -0.480 e. The molecule has 0 radical (unpaired) electrons. The van der Waals surface area contributed by atoms with Crippen molar-refractivity contribution in [2.45, 2.75) is 38.1 Å². The molecule has 1 aliphatic rings. The van der Waals surface area contributed by atoms with Crippen molar-refractivity contribution in [1.29, 1.82) is 0 Å². The van der Waals surface area contributed by atoms with Crippen LogP contribution in [0.4, 0.5) is 0 Å². The number of aliphatic carboxylic acids is 1. The van der Waals surface area contributed by atoms with Crippen molar-refractivity contribution in [3.8, 4) is 0 Å². The van der Waals surface area contributed by atoms with E-state index in [1.54, 1.807) is 6.20 Å². The van der Waals surface area contributed by atoms with Gasteiger partial charge in [-0.25, -0.2) is 4.98 Å². The van der Waals surface area contributed by atoms with Crippen LogP contribution in [0.2, 0.25) is 0 Å². The fourth-order valence-electron chi connectivity index (χ4n) is 2.44. The number of aromatic nitrogens is 2. The fourth-order valence-corrected chi connectivity index (χ4v) is 2.44. The van der Waals surface area contributed by atoms with E-state index in [0.717, 1.165) is 44.5 Å². The molecule has 0 saturated carbocycles. The van der Waals surface area contributed by atoms with Crippen LogP contribution in [0, 0.1) is 5.92 Å². The number of rotatable bonds is 5. The molecule has 3 N–H and O–H groups in total. The van der Waals surface area contributed by atoms with Crippen LogP contribution in [0.15, 0.2) is 12.4 Å². The van der Waals surface area contributed by atoms with E-state index in [1.165, 1.54) is 0 Å². The van der Waals surface area contributed by atoms with Gasteiger partial charge in [0.2, 0.25) is 0 Å². The zero-order valence-electron chi connectivity index (χ0n) is 9.85. The number of aromatic amines is 1. The largest absolute Gasteiger partial charge is 0.480 e. The van der Waals surface area contributed by atoms with Gasteiger partial charge in [-0.3, -0.25) is 4.79 Å². The van der Waals surface area contributed by atoms with Gasteiger partial charge in [0, 0.05) is 18.8 Å². The molecular formula is C12H19N3O2. The van der Waals surface area contributed by atoms with E-state index in [9.17, 15) is 4.79 Å². The number of hydrogen-bond acceptors (Lipinski definition) is 3. The molecule has 0 aromatic carbocycles. The van der Waals surface area contributed by atoms with Gasteiger partial charge in [0.25, 0.3) is 0 Å². The molecule has 17 heavy (non-hydrogen) atoms. The Kier molecular flexibility index (Phi) is 4.14. The second kappa shape index (κ2) is 5.82. The Morgan fingerprint density at radius 2 is 2.47 bits per heavy atom. The molecule has 94 valence electrons. The highest BCUT2D eigenvalue weighted by Gasteiger charge is 2.25. The van der Waals surface area contributed by atoms with Crippen LogP contribution in [0.1, 0.15) is 31.5 Å². The third-order valence-electron chi connectivity index (χ3n) is 3.39. The minimum atomic E-state index is -0.722. The van der Waals surface area contributed by atoms with Crippen LogP contribution in [0.3, 0.4) is 0 Å². The Morgan fingerprint density at radius 1 is 1.59 bits per heavy atom. The van der Waals surface area contributed by atoms with Crippen LogP contribution in [0.5, 0.6) is 0 Å². The van der Waals surface area contributed by atoms with Crippen LogP contribution in [0.25, 0.3) is 0 Å². The number of hydrogen-bond donors (Lipinski definition) is 3.